The topological polar surface area (TPSA) is 128 Å². The summed E-state index contributed by atoms with van der Waals surface area (Å²) >= 11 is 0. The molecule has 1 aromatic heterocycles. The average Bonchev–Trinajstić information content (AvgIpc) is 3.06. The molecule has 9 nitrogen and oxygen atoms in total. The summed E-state index contributed by atoms with van der Waals surface area (Å²) in [6, 6.07) is 5.31. The Morgan fingerprint density at radius 2 is 2.00 bits per heavy atom. The first-order chi connectivity index (χ1) is 13.9. The highest BCUT2D eigenvalue weighted by Crippen LogP contribution is 2.31. The molecule has 2 heterocycles. The van der Waals surface area contributed by atoms with E-state index in [1.54, 1.807) is 32.2 Å². The third-order valence-corrected chi connectivity index (χ3v) is 5.26. The Hall–Kier alpha value is -3.07. The van der Waals surface area contributed by atoms with E-state index in [1.165, 1.54) is 0 Å². The molecule has 2 aromatic rings. The summed E-state index contributed by atoms with van der Waals surface area (Å²) in [5, 5.41) is 3.54. The highest BCUT2D eigenvalue weighted by molar-refractivity contribution is 6.11. The van der Waals surface area contributed by atoms with E-state index in [0.717, 1.165) is 4.90 Å². The molecule has 0 saturated carbocycles. The Morgan fingerprint density at radius 1 is 1.28 bits per heavy atom. The Labute approximate surface area is 168 Å². The number of nitrogens with one attached hydrogen (secondary N) is 3. The van der Waals surface area contributed by atoms with Crippen LogP contribution in [0.3, 0.4) is 0 Å². The van der Waals surface area contributed by atoms with Gasteiger partial charge in [-0.1, -0.05) is 0 Å². The Kier molecular flexibility index (Phi) is 6.38. The summed E-state index contributed by atoms with van der Waals surface area (Å²) in [5.74, 6) is -0.528. The van der Waals surface area contributed by atoms with Crippen molar-refractivity contribution in [2.45, 2.75) is 19.8 Å². The molecular weight excluding hydrogens is 376 g/mol. The lowest BCUT2D eigenvalue weighted by molar-refractivity contribution is -0.897. The minimum atomic E-state index is -0.535. The van der Waals surface area contributed by atoms with Crippen molar-refractivity contribution in [1.82, 2.24) is 4.98 Å². The van der Waals surface area contributed by atoms with Crippen molar-refractivity contribution in [2.24, 2.45) is 11.7 Å². The van der Waals surface area contributed by atoms with Gasteiger partial charge in [-0.2, -0.15) is 0 Å². The third-order valence-electron chi connectivity index (χ3n) is 5.26. The van der Waals surface area contributed by atoms with Gasteiger partial charge in [0.05, 0.1) is 32.5 Å². The Balaban J connectivity index is 1.78. The molecule has 2 amide bonds. The Bertz CT molecular complexity index is 915. The highest BCUT2D eigenvalue weighted by atomic mass is 16.5. The molecular formula is C20H27N4O5+. The molecule has 0 aliphatic carbocycles. The second-order valence-electron chi connectivity index (χ2n) is 7.16. The summed E-state index contributed by atoms with van der Waals surface area (Å²) in [5.41, 5.74) is 6.64. The fourth-order valence-corrected chi connectivity index (χ4v) is 3.68. The van der Waals surface area contributed by atoms with Gasteiger partial charge in [0, 0.05) is 29.7 Å². The maximum atomic E-state index is 12.7. The number of likely N-dealkylation sites (tertiary alicyclic amines) is 1. The van der Waals surface area contributed by atoms with Crippen molar-refractivity contribution in [3.05, 3.63) is 23.9 Å². The maximum Gasteiger partial charge on any atom is 0.356 e. The fraction of sp³-hybridized carbons (Fsp3) is 0.450. The van der Waals surface area contributed by atoms with Gasteiger partial charge in [0.1, 0.15) is 11.4 Å². The monoisotopic (exact) mass is 403 g/mol. The van der Waals surface area contributed by atoms with Crippen molar-refractivity contribution >= 4 is 34.4 Å². The number of anilines is 1. The van der Waals surface area contributed by atoms with E-state index < -0.39 is 5.97 Å². The number of amides is 2. The van der Waals surface area contributed by atoms with Crippen molar-refractivity contribution in [3.63, 3.8) is 0 Å². The SMILES string of the molecule is CCOC(=O)c1[nH]c2ccc(OC)cc2c1NC(=O)C[NH+]1CCC(C(N)=O)CC1. The number of fused-ring (bicyclic) bond motifs is 1. The number of carbonyl (C=O) groups is 3. The lowest BCUT2D eigenvalue weighted by atomic mass is 9.96. The van der Waals surface area contributed by atoms with Gasteiger partial charge in [0.2, 0.25) is 5.91 Å². The lowest BCUT2D eigenvalue weighted by Gasteiger charge is -2.27. The maximum absolute atomic E-state index is 12.7. The predicted octanol–water partition coefficient (Wildman–Crippen LogP) is 0.0719. The second kappa shape index (κ2) is 8.95. The number of hydrogen-bond donors (Lipinski definition) is 4. The zero-order valence-electron chi connectivity index (χ0n) is 16.7. The minimum Gasteiger partial charge on any atom is -0.497 e. The first-order valence-corrected chi connectivity index (χ1v) is 9.72. The van der Waals surface area contributed by atoms with Crippen LogP contribution in [0.2, 0.25) is 0 Å². The first kappa shape index (κ1) is 20.7. The van der Waals surface area contributed by atoms with E-state index in [-0.39, 0.29) is 36.6 Å². The molecule has 0 spiro atoms. The van der Waals surface area contributed by atoms with E-state index in [0.29, 0.717) is 48.3 Å². The normalized spacial score (nSPS) is 19.0. The number of H-pyrrole nitrogens is 1. The van der Waals surface area contributed by atoms with E-state index >= 15 is 0 Å². The number of hydrogen-bond acceptors (Lipinski definition) is 5. The van der Waals surface area contributed by atoms with Crippen LogP contribution in [0.5, 0.6) is 5.75 Å². The molecule has 1 aliphatic rings. The number of benzene rings is 1. The number of primary amides is 1. The van der Waals surface area contributed by atoms with E-state index in [2.05, 4.69) is 10.3 Å². The summed E-state index contributed by atoms with van der Waals surface area (Å²) in [7, 11) is 1.55. The van der Waals surface area contributed by atoms with E-state index in [1.807, 2.05) is 0 Å². The fourth-order valence-electron chi connectivity index (χ4n) is 3.68. The number of esters is 1. The second-order valence-corrected chi connectivity index (χ2v) is 7.16. The van der Waals surface area contributed by atoms with Gasteiger partial charge in [0.25, 0.3) is 5.91 Å². The number of quaternary nitrogens is 1. The van der Waals surface area contributed by atoms with Crippen LogP contribution in [0.25, 0.3) is 10.9 Å². The summed E-state index contributed by atoms with van der Waals surface area (Å²) < 4.78 is 10.4. The molecule has 1 aromatic carbocycles. The molecule has 0 radical (unpaired) electrons. The van der Waals surface area contributed by atoms with Crippen molar-refractivity contribution in [1.29, 1.82) is 0 Å². The highest BCUT2D eigenvalue weighted by Gasteiger charge is 2.28. The minimum absolute atomic E-state index is 0.113. The quantitative estimate of drug-likeness (QED) is 0.487. The molecule has 1 fully saturated rings. The number of carbonyl (C=O) groups excluding carboxylic acids is 3. The molecule has 1 saturated heterocycles. The molecule has 1 aliphatic heterocycles. The predicted molar refractivity (Wildman–Crippen MR) is 107 cm³/mol. The van der Waals surface area contributed by atoms with Gasteiger partial charge >= 0.3 is 5.97 Å². The van der Waals surface area contributed by atoms with Crippen LogP contribution >= 0.6 is 0 Å². The van der Waals surface area contributed by atoms with Crippen LogP contribution in [-0.2, 0) is 14.3 Å². The van der Waals surface area contributed by atoms with Crippen LogP contribution in [0.15, 0.2) is 18.2 Å². The number of nitrogens with two attached hydrogens (primary N) is 1. The lowest BCUT2D eigenvalue weighted by Crippen LogP contribution is -3.14. The number of piperidine rings is 1. The molecule has 156 valence electrons. The molecule has 5 N–H and O–H groups in total. The number of rotatable bonds is 7. The largest absolute Gasteiger partial charge is 0.497 e. The first-order valence-electron chi connectivity index (χ1n) is 9.72. The van der Waals surface area contributed by atoms with Crippen LogP contribution < -0.4 is 20.7 Å². The van der Waals surface area contributed by atoms with Gasteiger partial charge in [-0.25, -0.2) is 4.79 Å². The van der Waals surface area contributed by atoms with Gasteiger partial charge in [-0.05, 0) is 25.1 Å². The van der Waals surface area contributed by atoms with Gasteiger partial charge in [0.15, 0.2) is 6.54 Å². The van der Waals surface area contributed by atoms with Crippen molar-refractivity contribution in [2.75, 3.05) is 38.7 Å². The van der Waals surface area contributed by atoms with Gasteiger partial charge in [-0.15, -0.1) is 0 Å². The summed E-state index contributed by atoms with van der Waals surface area (Å²) in [6.07, 6.45) is 1.35. The number of ether oxygens (including phenoxy) is 2. The average molecular weight is 403 g/mol. The molecule has 9 heteroatoms. The van der Waals surface area contributed by atoms with Crippen LogP contribution in [0.4, 0.5) is 5.69 Å². The standard InChI is InChI=1S/C20H26N4O5/c1-3-29-20(27)18-17(14-10-13(28-2)4-5-15(14)22-18)23-16(25)11-24-8-6-12(7-9-24)19(21)26/h4-5,10,12,22H,3,6-9,11H2,1-2H3,(H2,21,26)(H,23,25)/p+1. The molecule has 0 atom stereocenters. The van der Waals surface area contributed by atoms with E-state index in [4.69, 9.17) is 15.2 Å². The van der Waals surface area contributed by atoms with Gasteiger partial charge < -0.3 is 30.4 Å². The summed E-state index contributed by atoms with van der Waals surface area (Å²) in [4.78, 5) is 40.5. The summed E-state index contributed by atoms with van der Waals surface area (Å²) in [6.45, 7) is 3.59. The van der Waals surface area contributed by atoms with Crippen molar-refractivity contribution in [3.8, 4) is 5.75 Å². The third kappa shape index (κ3) is 4.68. The zero-order valence-corrected chi connectivity index (χ0v) is 16.7. The molecule has 0 bridgehead atoms. The van der Waals surface area contributed by atoms with Crippen molar-refractivity contribution < 1.29 is 28.8 Å². The molecule has 29 heavy (non-hydrogen) atoms. The van der Waals surface area contributed by atoms with Crippen LogP contribution in [-0.4, -0.2) is 56.1 Å². The molecule has 0 unspecified atom stereocenters. The number of aromatic nitrogens is 1. The number of methoxy groups -OCH3 is 1. The van der Waals surface area contributed by atoms with E-state index in [9.17, 15) is 14.4 Å². The number of aromatic amines is 1. The zero-order chi connectivity index (χ0) is 21.0. The smallest absolute Gasteiger partial charge is 0.356 e. The Morgan fingerprint density at radius 3 is 2.62 bits per heavy atom. The molecule has 3 rings (SSSR count). The van der Waals surface area contributed by atoms with Crippen LogP contribution in [0.1, 0.15) is 30.3 Å². The van der Waals surface area contributed by atoms with Crippen LogP contribution in [0, 0.1) is 5.92 Å². The van der Waals surface area contributed by atoms with Gasteiger partial charge in [-0.3, -0.25) is 9.59 Å².